The van der Waals surface area contributed by atoms with E-state index in [1.54, 1.807) is 6.20 Å². The molecule has 0 bridgehead atoms. The number of benzene rings is 2. The Labute approximate surface area is 183 Å². The third-order valence-electron chi connectivity index (χ3n) is 5.39. The van der Waals surface area contributed by atoms with Gasteiger partial charge in [-0.25, -0.2) is 13.7 Å². The molecular formula is C22H21ClFN5S. The number of nitrogens with zero attached hydrogens (tertiary/aromatic N) is 4. The summed E-state index contributed by atoms with van der Waals surface area (Å²) < 4.78 is 17.0. The van der Waals surface area contributed by atoms with Crippen molar-refractivity contribution in [3.8, 4) is 11.4 Å². The van der Waals surface area contributed by atoms with Crippen molar-refractivity contribution in [3.63, 3.8) is 0 Å². The van der Waals surface area contributed by atoms with Gasteiger partial charge in [0.25, 0.3) is 0 Å². The van der Waals surface area contributed by atoms with E-state index in [1.165, 1.54) is 18.0 Å². The van der Waals surface area contributed by atoms with Gasteiger partial charge < -0.3 is 9.88 Å². The van der Waals surface area contributed by atoms with Gasteiger partial charge in [-0.3, -0.25) is 4.98 Å². The summed E-state index contributed by atoms with van der Waals surface area (Å²) in [5.41, 5.74) is 2.97. The normalized spacial score (nSPS) is 16.4. The number of H-pyrrole nitrogens is 1. The van der Waals surface area contributed by atoms with Crippen LogP contribution < -0.4 is 0 Å². The van der Waals surface area contributed by atoms with Crippen LogP contribution in [-0.2, 0) is 0 Å². The number of rotatable bonds is 3. The van der Waals surface area contributed by atoms with Crippen molar-refractivity contribution in [1.29, 1.82) is 0 Å². The standard InChI is InChI=1S/C22H21ClFN5S/c1-28-6-3-7-29(9-8-28)30-21-13-20-19(12-17(21)24)26-22(27-20)15-11-18-14(10-16(15)23)4-2-5-25-18/h2,4-5,10-13H,3,6-9H2,1H3,(H,26,27). The van der Waals surface area contributed by atoms with Crippen LogP contribution in [0.15, 0.2) is 47.5 Å². The molecule has 154 valence electrons. The van der Waals surface area contributed by atoms with Gasteiger partial charge in [-0.1, -0.05) is 17.7 Å². The lowest BCUT2D eigenvalue weighted by atomic mass is 10.1. The lowest BCUT2D eigenvalue weighted by molar-refractivity contribution is 0.351. The van der Waals surface area contributed by atoms with E-state index in [4.69, 9.17) is 16.6 Å². The molecule has 1 aliphatic rings. The Hall–Kier alpha value is -2.19. The molecule has 2 aromatic carbocycles. The zero-order valence-electron chi connectivity index (χ0n) is 16.5. The van der Waals surface area contributed by atoms with Crippen molar-refractivity contribution in [1.82, 2.24) is 24.2 Å². The van der Waals surface area contributed by atoms with Gasteiger partial charge in [0.15, 0.2) is 0 Å². The van der Waals surface area contributed by atoms with Gasteiger partial charge in [-0.15, -0.1) is 0 Å². The summed E-state index contributed by atoms with van der Waals surface area (Å²) in [7, 11) is 2.12. The highest BCUT2D eigenvalue weighted by molar-refractivity contribution is 7.97. The molecule has 1 N–H and O–H groups in total. The number of hydrogen-bond donors (Lipinski definition) is 1. The van der Waals surface area contributed by atoms with E-state index >= 15 is 0 Å². The van der Waals surface area contributed by atoms with Crippen molar-refractivity contribution in [2.75, 3.05) is 33.2 Å². The van der Waals surface area contributed by atoms with E-state index in [9.17, 15) is 4.39 Å². The van der Waals surface area contributed by atoms with Crippen LogP contribution in [-0.4, -0.2) is 57.4 Å². The fourth-order valence-corrected chi connectivity index (χ4v) is 4.98. The molecule has 0 spiro atoms. The number of likely N-dealkylation sites (N-methyl/N-ethyl adjacent to an activating group) is 1. The summed E-state index contributed by atoms with van der Waals surface area (Å²) in [6.45, 7) is 3.91. The zero-order valence-corrected chi connectivity index (χ0v) is 18.1. The highest BCUT2D eigenvalue weighted by atomic mass is 35.5. The number of aromatic amines is 1. The molecule has 3 heterocycles. The maximum atomic E-state index is 14.8. The molecule has 0 amide bonds. The molecule has 5 nitrogen and oxygen atoms in total. The number of aromatic nitrogens is 3. The van der Waals surface area contributed by atoms with Crippen molar-refractivity contribution < 1.29 is 4.39 Å². The van der Waals surface area contributed by atoms with E-state index in [1.807, 2.05) is 30.3 Å². The van der Waals surface area contributed by atoms with E-state index in [0.717, 1.165) is 54.6 Å². The molecule has 1 saturated heterocycles. The van der Waals surface area contributed by atoms with E-state index in [2.05, 4.69) is 26.2 Å². The summed E-state index contributed by atoms with van der Waals surface area (Å²) in [4.78, 5) is 15.2. The van der Waals surface area contributed by atoms with Crippen LogP contribution in [0.25, 0.3) is 33.3 Å². The Kier molecular flexibility index (Phi) is 5.37. The van der Waals surface area contributed by atoms with Gasteiger partial charge >= 0.3 is 0 Å². The first-order chi connectivity index (χ1) is 14.6. The largest absolute Gasteiger partial charge is 0.338 e. The Morgan fingerprint density at radius 1 is 1.10 bits per heavy atom. The first-order valence-corrected chi connectivity index (χ1v) is 11.1. The predicted octanol–water partition coefficient (Wildman–Crippen LogP) is 5.22. The maximum Gasteiger partial charge on any atom is 0.140 e. The van der Waals surface area contributed by atoms with Gasteiger partial charge in [0.2, 0.25) is 0 Å². The van der Waals surface area contributed by atoms with Gasteiger partial charge in [0, 0.05) is 42.8 Å². The smallest absolute Gasteiger partial charge is 0.140 e. The van der Waals surface area contributed by atoms with Crippen LogP contribution in [0, 0.1) is 5.82 Å². The third kappa shape index (κ3) is 3.90. The number of nitrogens with one attached hydrogen (secondary N) is 1. The molecule has 4 aromatic rings. The first kappa shape index (κ1) is 19.8. The lowest BCUT2D eigenvalue weighted by Crippen LogP contribution is -2.24. The second-order valence-electron chi connectivity index (χ2n) is 7.59. The number of imidazole rings is 1. The van der Waals surface area contributed by atoms with Crippen LogP contribution in [0.1, 0.15) is 6.42 Å². The van der Waals surface area contributed by atoms with E-state index in [-0.39, 0.29) is 5.82 Å². The lowest BCUT2D eigenvalue weighted by Gasteiger charge is -2.18. The van der Waals surface area contributed by atoms with Gasteiger partial charge in [0.05, 0.1) is 26.5 Å². The molecule has 30 heavy (non-hydrogen) atoms. The number of halogens is 2. The quantitative estimate of drug-likeness (QED) is 0.442. The minimum atomic E-state index is -0.244. The molecule has 5 rings (SSSR count). The molecule has 1 fully saturated rings. The first-order valence-electron chi connectivity index (χ1n) is 9.92. The Bertz CT molecular complexity index is 1230. The van der Waals surface area contributed by atoms with Crippen molar-refractivity contribution in [2.24, 2.45) is 0 Å². The van der Waals surface area contributed by atoms with E-state index < -0.39 is 0 Å². The molecule has 8 heteroatoms. The minimum Gasteiger partial charge on any atom is -0.338 e. The van der Waals surface area contributed by atoms with Gasteiger partial charge in [-0.05, 0) is 56.2 Å². The second kappa shape index (κ2) is 8.15. The number of fused-ring (bicyclic) bond motifs is 2. The van der Waals surface area contributed by atoms with Crippen LogP contribution in [0.5, 0.6) is 0 Å². The summed E-state index contributed by atoms with van der Waals surface area (Å²) >= 11 is 7.98. The Morgan fingerprint density at radius 3 is 2.90 bits per heavy atom. The highest BCUT2D eigenvalue weighted by Crippen LogP contribution is 2.34. The molecule has 0 saturated carbocycles. The summed E-state index contributed by atoms with van der Waals surface area (Å²) in [5.74, 6) is 0.368. The Balaban J connectivity index is 1.48. The van der Waals surface area contributed by atoms with Crippen LogP contribution in [0.2, 0.25) is 5.02 Å². The third-order valence-corrected chi connectivity index (χ3v) is 6.83. The molecule has 0 unspecified atom stereocenters. The maximum absolute atomic E-state index is 14.8. The minimum absolute atomic E-state index is 0.244. The van der Waals surface area contributed by atoms with Gasteiger partial charge in [0.1, 0.15) is 11.6 Å². The van der Waals surface area contributed by atoms with Gasteiger partial charge in [-0.2, -0.15) is 0 Å². The van der Waals surface area contributed by atoms with Crippen molar-refractivity contribution >= 4 is 45.5 Å². The molecular weight excluding hydrogens is 421 g/mol. The molecule has 0 atom stereocenters. The van der Waals surface area contributed by atoms with Crippen molar-refractivity contribution in [3.05, 3.63) is 53.4 Å². The zero-order chi connectivity index (χ0) is 20.7. The average molecular weight is 442 g/mol. The highest BCUT2D eigenvalue weighted by Gasteiger charge is 2.18. The van der Waals surface area contributed by atoms with Crippen LogP contribution in [0.4, 0.5) is 4.39 Å². The summed E-state index contributed by atoms with van der Waals surface area (Å²) in [6.07, 6.45) is 2.83. The number of hydrogen-bond acceptors (Lipinski definition) is 5. The molecule has 1 aliphatic heterocycles. The van der Waals surface area contributed by atoms with Crippen LogP contribution in [0.3, 0.4) is 0 Å². The summed E-state index contributed by atoms with van der Waals surface area (Å²) in [6, 6.07) is 11.0. The molecule has 2 aromatic heterocycles. The number of pyridine rings is 1. The average Bonchev–Trinajstić information content (AvgIpc) is 3.02. The molecule has 0 aliphatic carbocycles. The van der Waals surface area contributed by atoms with Crippen LogP contribution >= 0.6 is 23.5 Å². The second-order valence-corrected chi connectivity index (χ2v) is 9.14. The predicted molar refractivity (Wildman–Crippen MR) is 121 cm³/mol. The SMILES string of the molecule is CN1CCCN(Sc2cc3nc(-c4cc5ncccc5cc4Cl)[nH]c3cc2F)CC1. The Morgan fingerprint density at radius 2 is 2.00 bits per heavy atom. The van der Waals surface area contributed by atoms with E-state index in [0.29, 0.717) is 21.3 Å². The van der Waals surface area contributed by atoms with Crippen molar-refractivity contribution in [2.45, 2.75) is 11.3 Å². The fourth-order valence-electron chi connectivity index (χ4n) is 3.74. The molecule has 0 radical (unpaired) electrons. The summed E-state index contributed by atoms with van der Waals surface area (Å²) in [5, 5.41) is 1.55. The fraction of sp³-hybridized carbons (Fsp3) is 0.273. The monoisotopic (exact) mass is 441 g/mol. The topological polar surface area (TPSA) is 48.1 Å².